The van der Waals surface area contributed by atoms with Crippen molar-refractivity contribution in [3.63, 3.8) is 0 Å². The zero-order valence-corrected chi connectivity index (χ0v) is 20.7. The van der Waals surface area contributed by atoms with E-state index in [0.717, 1.165) is 46.1 Å². The van der Waals surface area contributed by atoms with Crippen molar-refractivity contribution in [2.75, 3.05) is 29.8 Å². The van der Waals surface area contributed by atoms with E-state index in [0.29, 0.717) is 23.5 Å². The van der Waals surface area contributed by atoms with Gasteiger partial charge in [0, 0.05) is 35.7 Å². The number of hydrogen-bond acceptors (Lipinski definition) is 6. The number of aryl methyl sites for hydroxylation is 1. The number of halogens is 1. The number of thiophene rings is 1. The molecular formula is C24H28FN3O3S2. The van der Waals surface area contributed by atoms with E-state index in [9.17, 15) is 12.8 Å². The van der Waals surface area contributed by atoms with Gasteiger partial charge >= 0.3 is 0 Å². The number of nitrogens with one attached hydrogen (secondary N) is 2. The van der Waals surface area contributed by atoms with E-state index in [1.165, 1.54) is 19.2 Å². The van der Waals surface area contributed by atoms with Gasteiger partial charge in [0.2, 0.25) is 0 Å². The molecule has 0 amide bonds. The molecule has 1 fully saturated rings. The first-order chi connectivity index (χ1) is 15.7. The molecule has 1 aromatic heterocycles. The van der Waals surface area contributed by atoms with Crippen molar-refractivity contribution in [2.24, 2.45) is 0 Å². The van der Waals surface area contributed by atoms with Crippen LogP contribution in [0.15, 0.2) is 52.7 Å². The van der Waals surface area contributed by atoms with Crippen LogP contribution in [0.5, 0.6) is 5.75 Å². The summed E-state index contributed by atoms with van der Waals surface area (Å²) < 4.78 is 48.2. The van der Waals surface area contributed by atoms with Gasteiger partial charge in [0.1, 0.15) is 15.8 Å². The lowest BCUT2D eigenvalue weighted by molar-refractivity contribution is 0.406. The van der Waals surface area contributed by atoms with Gasteiger partial charge in [-0.1, -0.05) is 6.07 Å². The first-order valence-electron chi connectivity index (χ1n) is 10.7. The molecule has 2 aromatic carbocycles. The Labute approximate surface area is 198 Å². The Kier molecular flexibility index (Phi) is 6.65. The van der Waals surface area contributed by atoms with Gasteiger partial charge in [-0.25, -0.2) is 12.8 Å². The van der Waals surface area contributed by atoms with E-state index >= 15 is 0 Å². The van der Waals surface area contributed by atoms with Gasteiger partial charge in [0.05, 0.1) is 12.8 Å². The predicted molar refractivity (Wildman–Crippen MR) is 133 cm³/mol. The van der Waals surface area contributed by atoms with Crippen molar-refractivity contribution in [2.45, 2.75) is 37.1 Å². The maximum absolute atomic E-state index is 13.5. The minimum Gasteiger partial charge on any atom is -0.495 e. The molecule has 1 aliphatic heterocycles. The lowest BCUT2D eigenvalue weighted by atomic mass is 10.1. The van der Waals surface area contributed by atoms with E-state index in [4.69, 9.17) is 4.74 Å². The summed E-state index contributed by atoms with van der Waals surface area (Å²) in [5, 5.41) is 3.50. The molecule has 1 aliphatic rings. The first kappa shape index (κ1) is 23.5. The molecule has 4 rings (SSSR count). The van der Waals surface area contributed by atoms with Crippen molar-refractivity contribution < 1.29 is 17.5 Å². The van der Waals surface area contributed by atoms with Gasteiger partial charge in [0.25, 0.3) is 10.0 Å². The average molecular weight is 490 g/mol. The van der Waals surface area contributed by atoms with Crippen molar-refractivity contribution in [3.05, 3.63) is 59.9 Å². The molecule has 0 spiro atoms. The van der Waals surface area contributed by atoms with Gasteiger partial charge in [0.15, 0.2) is 0 Å². The summed E-state index contributed by atoms with van der Waals surface area (Å²) in [6.07, 6.45) is 0. The highest BCUT2D eigenvalue weighted by molar-refractivity contribution is 7.94. The topological polar surface area (TPSA) is 70.7 Å². The van der Waals surface area contributed by atoms with Crippen LogP contribution in [0.2, 0.25) is 0 Å². The third-order valence-electron chi connectivity index (χ3n) is 5.65. The van der Waals surface area contributed by atoms with Crippen LogP contribution < -0.4 is 19.7 Å². The molecule has 1 saturated heterocycles. The van der Waals surface area contributed by atoms with E-state index in [1.807, 2.05) is 12.1 Å². The number of piperazine rings is 1. The Morgan fingerprint density at radius 1 is 1.09 bits per heavy atom. The number of sulfonamides is 1. The fraction of sp³-hybridized carbons (Fsp3) is 0.333. The molecule has 3 aromatic rings. The normalized spacial score (nSPS) is 18.9. The molecule has 2 atom stereocenters. The second-order valence-corrected chi connectivity index (χ2v) is 11.4. The Balaban J connectivity index is 1.62. The number of anilines is 2. The fourth-order valence-electron chi connectivity index (χ4n) is 4.22. The number of nitrogens with zero attached hydrogens (tertiary/aromatic N) is 1. The SMILES string of the molecule is COc1ccc(N2C[C@@H](C)N[C@@H](C)C2)cc1NS(=O)(=O)c1ccc(-c2ccc(F)cc2C)s1. The molecule has 0 saturated carbocycles. The minimum absolute atomic E-state index is 0.179. The summed E-state index contributed by atoms with van der Waals surface area (Å²) in [5.41, 5.74) is 2.89. The Morgan fingerprint density at radius 2 is 1.82 bits per heavy atom. The number of ether oxygens (including phenoxy) is 1. The van der Waals surface area contributed by atoms with Crippen LogP contribution in [0.1, 0.15) is 19.4 Å². The summed E-state index contributed by atoms with van der Waals surface area (Å²) in [7, 11) is -2.32. The highest BCUT2D eigenvalue weighted by Gasteiger charge is 2.24. The summed E-state index contributed by atoms with van der Waals surface area (Å²) >= 11 is 1.15. The van der Waals surface area contributed by atoms with Crippen LogP contribution in [0.3, 0.4) is 0 Å². The summed E-state index contributed by atoms with van der Waals surface area (Å²) in [4.78, 5) is 3.00. The Bertz CT molecular complexity index is 1250. The highest BCUT2D eigenvalue weighted by Crippen LogP contribution is 2.36. The van der Waals surface area contributed by atoms with Crippen LogP contribution in [0.25, 0.3) is 10.4 Å². The lowest BCUT2D eigenvalue weighted by Gasteiger charge is -2.38. The first-order valence-corrected chi connectivity index (χ1v) is 13.0. The predicted octanol–water partition coefficient (Wildman–Crippen LogP) is 4.86. The third kappa shape index (κ3) is 5.15. The zero-order valence-electron chi connectivity index (χ0n) is 19.1. The van der Waals surface area contributed by atoms with Crippen LogP contribution >= 0.6 is 11.3 Å². The van der Waals surface area contributed by atoms with Gasteiger partial charge in [-0.15, -0.1) is 11.3 Å². The molecular weight excluding hydrogens is 461 g/mol. The summed E-state index contributed by atoms with van der Waals surface area (Å²) in [6, 6.07) is 14.0. The van der Waals surface area contributed by atoms with E-state index in [1.54, 1.807) is 31.2 Å². The lowest BCUT2D eigenvalue weighted by Crippen LogP contribution is -2.54. The maximum atomic E-state index is 13.5. The Hall–Kier alpha value is -2.62. The maximum Gasteiger partial charge on any atom is 0.271 e. The third-order valence-corrected chi connectivity index (χ3v) is 8.63. The van der Waals surface area contributed by atoms with Crippen LogP contribution in [-0.2, 0) is 10.0 Å². The molecule has 0 aliphatic carbocycles. The minimum atomic E-state index is -3.84. The summed E-state index contributed by atoms with van der Waals surface area (Å²) in [6.45, 7) is 7.72. The van der Waals surface area contributed by atoms with Gasteiger partial charge in [-0.05, 0) is 74.4 Å². The fourth-order valence-corrected chi connectivity index (χ4v) is 6.68. The van der Waals surface area contributed by atoms with E-state index < -0.39 is 10.0 Å². The molecule has 2 N–H and O–H groups in total. The van der Waals surface area contributed by atoms with E-state index in [2.05, 4.69) is 28.8 Å². The van der Waals surface area contributed by atoms with Crippen molar-refractivity contribution in [3.8, 4) is 16.2 Å². The number of rotatable bonds is 6. The molecule has 33 heavy (non-hydrogen) atoms. The quantitative estimate of drug-likeness (QED) is 0.518. The highest BCUT2D eigenvalue weighted by atomic mass is 32.2. The Morgan fingerprint density at radius 3 is 2.48 bits per heavy atom. The molecule has 0 unspecified atom stereocenters. The second kappa shape index (κ2) is 9.32. The van der Waals surface area contributed by atoms with Gasteiger partial charge in [-0.3, -0.25) is 4.72 Å². The average Bonchev–Trinajstić information content (AvgIpc) is 3.24. The van der Waals surface area contributed by atoms with Crippen LogP contribution in [0, 0.1) is 12.7 Å². The summed E-state index contributed by atoms with van der Waals surface area (Å²) in [5.74, 6) is 0.132. The van der Waals surface area contributed by atoms with Gasteiger partial charge in [-0.2, -0.15) is 0 Å². The second-order valence-electron chi connectivity index (χ2n) is 8.44. The molecule has 2 heterocycles. The van der Waals surface area contributed by atoms with Crippen molar-refractivity contribution >= 4 is 32.7 Å². The molecule has 0 bridgehead atoms. The standard InChI is InChI=1S/C24H28FN3O3S2/c1-15-11-18(25)5-7-20(15)23-9-10-24(32-23)33(29,30)27-21-12-19(6-8-22(21)31-4)28-13-16(2)26-17(3)14-28/h5-12,16-17,26-27H,13-14H2,1-4H3/t16-,17+. The van der Waals surface area contributed by atoms with Gasteiger partial charge < -0.3 is 15.0 Å². The molecule has 176 valence electrons. The van der Waals surface area contributed by atoms with Crippen molar-refractivity contribution in [1.29, 1.82) is 0 Å². The number of methoxy groups -OCH3 is 1. The largest absolute Gasteiger partial charge is 0.495 e. The number of benzene rings is 2. The van der Waals surface area contributed by atoms with Crippen molar-refractivity contribution in [1.82, 2.24) is 5.32 Å². The van der Waals surface area contributed by atoms with E-state index in [-0.39, 0.29) is 10.0 Å². The monoisotopic (exact) mass is 489 g/mol. The molecule has 9 heteroatoms. The zero-order chi connectivity index (χ0) is 23.8. The molecule has 0 radical (unpaired) electrons. The smallest absolute Gasteiger partial charge is 0.271 e. The number of hydrogen-bond donors (Lipinski definition) is 2. The van der Waals surface area contributed by atoms with Crippen LogP contribution in [0.4, 0.5) is 15.8 Å². The van der Waals surface area contributed by atoms with Crippen LogP contribution in [-0.4, -0.2) is 40.7 Å². The molecule has 6 nitrogen and oxygen atoms in total.